The number of aromatic nitrogens is 2. The van der Waals surface area contributed by atoms with Gasteiger partial charge in [0.25, 0.3) is 0 Å². The minimum Gasteiger partial charge on any atom is -0.377 e. The second-order valence-electron chi connectivity index (χ2n) is 5.39. The summed E-state index contributed by atoms with van der Waals surface area (Å²) in [6.45, 7) is 9.83. The Morgan fingerprint density at radius 3 is 3.11 bits per heavy atom. The Balaban J connectivity index is 2.04. The van der Waals surface area contributed by atoms with Gasteiger partial charge in [0.05, 0.1) is 18.0 Å². The van der Waals surface area contributed by atoms with Crippen LogP contribution in [-0.4, -0.2) is 41.8 Å². The van der Waals surface area contributed by atoms with Crippen LogP contribution < -0.4 is 10.2 Å². The molecule has 2 heterocycles. The van der Waals surface area contributed by atoms with Crippen LogP contribution in [0.15, 0.2) is 12.4 Å². The molecule has 19 heavy (non-hydrogen) atoms. The van der Waals surface area contributed by atoms with Gasteiger partial charge in [0.2, 0.25) is 0 Å². The topological polar surface area (TPSA) is 50.3 Å². The van der Waals surface area contributed by atoms with E-state index in [1.807, 2.05) is 12.4 Å². The summed E-state index contributed by atoms with van der Waals surface area (Å²) in [5.41, 5.74) is 0.990. The molecule has 1 aromatic rings. The number of rotatable bonds is 4. The van der Waals surface area contributed by atoms with Crippen LogP contribution in [0, 0.1) is 0 Å². The normalized spacial score (nSPS) is 20.6. The Labute approximate surface area is 115 Å². The molecule has 0 aromatic carbocycles. The summed E-state index contributed by atoms with van der Waals surface area (Å²) in [5.74, 6) is 0.959. The zero-order valence-corrected chi connectivity index (χ0v) is 12.1. The number of hydrogen-bond donors (Lipinski definition) is 1. The molecule has 0 bridgehead atoms. The first kappa shape index (κ1) is 14.2. The molecule has 0 spiro atoms. The molecule has 1 N–H and O–H groups in total. The van der Waals surface area contributed by atoms with Gasteiger partial charge >= 0.3 is 0 Å². The number of nitrogens with one attached hydrogen (secondary N) is 1. The van der Waals surface area contributed by atoms with Crippen molar-refractivity contribution in [2.45, 2.75) is 45.9 Å². The van der Waals surface area contributed by atoms with Crippen molar-refractivity contribution >= 4 is 5.82 Å². The van der Waals surface area contributed by atoms with Crippen molar-refractivity contribution in [3.8, 4) is 0 Å². The molecule has 5 heteroatoms. The molecule has 0 radical (unpaired) electrons. The fourth-order valence-corrected chi connectivity index (χ4v) is 2.14. The fraction of sp³-hybridized carbons (Fsp3) is 0.714. The van der Waals surface area contributed by atoms with Crippen LogP contribution in [0.2, 0.25) is 0 Å². The zero-order valence-electron chi connectivity index (χ0n) is 12.1. The van der Waals surface area contributed by atoms with Crippen molar-refractivity contribution < 1.29 is 4.74 Å². The van der Waals surface area contributed by atoms with Crippen LogP contribution in [0.1, 0.15) is 32.9 Å². The maximum Gasteiger partial charge on any atom is 0.147 e. The van der Waals surface area contributed by atoms with Gasteiger partial charge in [-0.3, -0.25) is 4.98 Å². The summed E-state index contributed by atoms with van der Waals surface area (Å²) in [6, 6.07) is 0.456. The SMILES string of the molecule is CC(C)NCc1cncc(N2CCCOC(C)C2)n1. The number of nitrogens with zero attached hydrogens (tertiary/aromatic N) is 3. The highest BCUT2D eigenvalue weighted by molar-refractivity contribution is 5.36. The molecule has 1 aliphatic heterocycles. The molecule has 1 fully saturated rings. The molecule has 2 rings (SSSR count). The first-order valence-electron chi connectivity index (χ1n) is 7.06. The molecule has 0 saturated carbocycles. The fourth-order valence-electron chi connectivity index (χ4n) is 2.14. The Hall–Kier alpha value is -1.20. The summed E-state index contributed by atoms with van der Waals surface area (Å²) in [6.07, 6.45) is 4.97. The van der Waals surface area contributed by atoms with Crippen molar-refractivity contribution in [2.75, 3.05) is 24.6 Å². The van der Waals surface area contributed by atoms with Gasteiger partial charge in [-0.15, -0.1) is 0 Å². The third kappa shape index (κ3) is 4.44. The summed E-state index contributed by atoms with van der Waals surface area (Å²) >= 11 is 0. The maximum absolute atomic E-state index is 5.66. The Morgan fingerprint density at radius 2 is 2.32 bits per heavy atom. The zero-order chi connectivity index (χ0) is 13.7. The molecule has 5 nitrogen and oxygen atoms in total. The van der Waals surface area contributed by atoms with E-state index in [-0.39, 0.29) is 6.10 Å². The van der Waals surface area contributed by atoms with Crippen LogP contribution in [-0.2, 0) is 11.3 Å². The molecule has 0 amide bonds. The van der Waals surface area contributed by atoms with E-state index >= 15 is 0 Å². The highest BCUT2D eigenvalue weighted by atomic mass is 16.5. The van der Waals surface area contributed by atoms with E-state index in [2.05, 4.69) is 41.0 Å². The van der Waals surface area contributed by atoms with E-state index in [1.54, 1.807) is 0 Å². The van der Waals surface area contributed by atoms with E-state index in [0.29, 0.717) is 6.04 Å². The van der Waals surface area contributed by atoms with Gasteiger partial charge in [-0.2, -0.15) is 0 Å². The van der Waals surface area contributed by atoms with Crippen LogP contribution >= 0.6 is 0 Å². The Kier molecular flexibility index (Phi) is 5.10. The summed E-state index contributed by atoms with van der Waals surface area (Å²) in [4.78, 5) is 11.3. The summed E-state index contributed by atoms with van der Waals surface area (Å²) in [5, 5.41) is 3.37. The number of anilines is 1. The molecule has 1 atom stereocenters. The van der Waals surface area contributed by atoms with Crippen molar-refractivity contribution in [2.24, 2.45) is 0 Å². The van der Waals surface area contributed by atoms with Gasteiger partial charge in [0, 0.05) is 38.5 Å². The first-order chi connectivity index (χ1) is 9.15. The van der Waals surface area contributed by atoms with Crippen molar-refractivity contribution in [3.05, 3.63) is 18.1 Å². The smallest absolute Gasteiger partial charge is 0.147 e. The predicted octanol–water partition coefficient (Wildman–Crippen LogP) is 1.59. The molecule has 1 aromatic heterocycles. The maximum atomic E-state index is 5.66. The van der Waals surface area contributed by atoms with E-state index in [1.165, 1.54) is 0 Å². The van der Waals surface area contributed by atoms with Crippen LogP contribution in [0.4, 0.5) is 5.82 Å². The Morgan fingerprint density at radius 1 is 1.47 bits per heavy atom. The van der Waals surface area contributed by atoms with E-state index in [4.69, 9.17) is 4.74 Å². The van der Waals surface area contributed by atoms with Gasteiger partial charge in [-0.25, -0.2) is 4.98 Å². The van der Waals surface area contributed by atoms with Crippen LogP contribution in [0.3, 0.4) is 0 Å². The van der Waals surface area contributed by atoms with E-state index < -0.39 is 0 Å². The lowest BCUT2D eigenvalue weighted by atomic mass is 10.3. The molecule has 1 saturated heterocycles. The van der Waals surface area contributed by atoms with Gasteiger partial charge in [0.15, 0.2) is 0 Å². The van der Waals surface area contributed by atoms with Crippen molar-refractivity contribution in [1.29, 1.82) is 0 Å². The average molecular weight is 264 g/mol. The second-order valence-corrected chi connectivity index (χ2v) is 5.39. The second kappa shape index (κ2) is 6.82. The third-order valence-electron chi connectivity index (χ3n) is 3.14. The van der Waals surface area contributed by atoms with Gasteiger partial charge in [0.1, 0.15) is 5.82 Å². The van der Waals surface area contributed by atoms with Crippen molar-refractivity contribution in [1.82, 2.24) is 15.3 Å². The highest BCUT2D eigenvalue weighted by Gasteiger charge is 2.16. The van der Waals surface area contributed by atoms with Crippen molar-refractivity contribution in [3.63, 3.8) is 0 Å². The largest absolute Gasteiger partial charge is 0.377 e. The van der Waals surface area contributed by atoms with Gasteiger partial charge in [-0.05, 0) is 13.3 Å². The first-order valence-corrected chi connectivity index (χ1v) is 7.06. The van der Waals surface area contributed by atoms with Crippen LogP contribution in [0.5, 0.6) is 0 Å². The van der Waals surface area contributed by atoms with E-state index in [0.717, 1.165) is 44.2 Å². The molecule has 1 unspecified atom stereocenters. The summed E-state index contributed by atoms with van der Waals surface area (Å²) in [7, 11) is 0. The minimum atomic E-state index is 0.252. The van der Waals surface area contributed by atoms with Gasteiger partial charge in [-0.1, -0.05) is 13.8 Å². The molecule has 0 aliphatic carbocycles. The quantitative estimate of drug-likeness (QED) is 0.895. The van der Waals surface area contributed by atoms with Gasteiger partial charge < -0.3 is 15.0 Å². The monoisotopic (exact) mass is 264 g/mol. The minimum absolute atomic E-state index is 0.252. The number of ether oxygens (including phenoxy) is 1. The molecule has 106 valence electrons. The standard InChI is InChI=1S/C14H24N4O/c1-11(2)16-8-13-7-15-9-14(17-13)18-5-4-6-19-12(3)10-18/h7,9,11-12,16H,4-6,8,10H2,1-3H3. The number of hydrogen-bond acceptors (Lipinski definition) is 5. The lowest BCUT2D eigenvalue weighted by Crippen LogP contribution is -2.31. The van der Waals surface area contributed by atoms with E-state index in [9.17, 15) is 0 Å². The third-order valence-corrected chi connectivity index (χ3v) is 3.14. The van der Waals surface area contributed by atoms with Crippen LogP contribution in [0.25, 0.3) is 0 Å². The Bertz CT molecular complexity index is 397. The summed E-state index contributed by atoms with van der Waals surface area (Å²) < 4.78 is 5.66. The lowest BCUT2D eigenvalue weighted by molar-refractivity contribution is 0.0820. The molecular formula is C14H24N4O. The highest BCUT2D eigenvalue weighted by Crippen LogP contribution is 2.14. The molecular weight excluding hydrogens is 240 g/mol. The molecule has 1 aliphatic rings. The lowest BCUT2D eigenvalue weighted by Gasteiger charge is -2.23. The average Bonchev–Trinajstić information content (AvgIpc) is 2.61. The predicted molar refractivity (Wildman–Crippen MR) is 76.3 cm³/mol.